The van der Waals surface area contributed by atoms with Crippen molar-refractivity contribution in [3.05, 3.63) is 52.0 Å². The highest BCUT2D eigenvalue weighted by Gasteiger charge is 2.15. The molecule has 0 radical (unpaired) electrons. The molecule has 0 aliphatic heterocycles. The van der Waals surface area contributed by atoms with Crippen molar-refractivity contribution in [2.24, 2.45) is 0 Å². The first-order valence-corrected chi connectivity index (χ1v) is 6.26. The monoisotopic (exact) mass is 287 g/mol. The number of nitrogens with zero attached hydrogens (tertiary/aromatic N) is 2. The van der Waals surface area contributed by atoms with Gasteiger partial charge in [-0.2, -0.15) is 4.98 Å². The molecule has 100 valence electrons. The van der Waals surface area contributed by atoms with Gasteiger partial charge in [0.15, 0.2) is 0 Å². The van der Waals surface area contributed by atoms with Gasteiger partial charge in [0.1, 0.15) is 10.7 Å². The summed E-state index contributed by atoms with van der Waals surface area (Å²) >= 11 is 6.16. The number of H-pyrrole nitrogens is 1. The number of nitrogens with one attached hydrogen (secondary N) is 1. The number of ether oxygens (including phenoxy) is 1. The van der Waals surface area contributed by atoms with Crippen LogP contribution in [0, 0.1) is 0 Å². The van der Waals surface area contributed by atoms with Crippen LogP contribution in [0.3, 0.4) is 0 Å². The Hall–Kier alpha value is -2.40. The highest BCUT2D eigenvalue weighted by Crippen LogP contribution is 2.31. The number of hydrogen-bond acceptors (Lipinski definition) is 4. The number of aromatic amines is 1. The maximum absolute atomic E-state index is 12.2. The fourth-order valence-corrected chi connectivity index (χ4v) is 2.31. The number of fused-ring (bicyclic) bond motifs is 1. The molecule has 0 atom stereocenters. The van der Waals surface area contributed by atoms with Crippen LogP contribution in [0.15, 0.2) is 41.3 Å². The largest absolute Gasteiger partial charge is 0.468 e. The first kappa shape index (κ1) is 12.6. The van der Waals surface area contributed by atoms with Crippen LogP contribution < -0.4 is 10.3 Å². The molecule has 2 aromatic heterocycles. The first-order chi connectivity index (χ1) is 9.70. The van der Waals surface area contributed by atoms with Gasteiger partial charge in [-0.1, -0.05) is 41.9 Å². The van der Waals surface area contributed by atoms with E-state index in [-0.39, 0.29) is 16.7 Å². The summed E-state index contributed by atoms with van der Waals surface area (Å²) in [6.07, 6.45) is 1.46. The molecule has 0 unspecified atom stereocenters. The number of aromatic nitrogens is 3. The highest BCUT2D eigenvalue weighted by molar-refractivity contribution is 6.33. The normalized spacial score (nSPS) is 10.7. The lowest BCUT2D eigenvalue weighted by molar-refractivity contribution is 0.380. The van der Waals surface area contributed by atoms with E-state index in [0.717, 1.165) is 5.56 Å². The lowest BCUT2D eigenvalue weighted by atomic mass is 10.0. The quantitative estimate of drug-likeness (QED) is 0.736. The minimum atomic E-state index is -0.310. The molecule has 0 aliphatic carbocycles. The summed E-state index contributed by atoms with van der Waals surface area (Å²) < 4.78 is 4.95. The summed E-state index contributed by atoms with van der Waals surface area (Å²) in [6, 6.07) is 9.51. The van der Waals surface area contributed by atoms with E-state index in [0.29, 0.717) is 16.5 Å². The van der Waals surface area contributed by atoms with E-state index in [1.165, 1.54) is 13.3 Å². The van der Waals surface area contributed by atoms with Gasteiger partial charge in [-0.25, -0.2) is 4.98 Å². The zero-order valence-electron chi connectivity index (χ0n) is 10.6. The maximum atomic E-state index is 12.2. The topological polar surface area (TPSA) is 67.9 Å². The molecule has 0 aliphatic rings. The van der Waals surface area contributed by atoms with Gasteiger partial charge in [0, 0.05) is 5.56 Å². The predicted octanol–water partition coefficient (Wildman–Crippen LogP) is 2.65. The molecular formula is C14H10ClN3O2. The van der Waals surface area contributed by atoms with Crippen LogP contribution in [0.2, 0.25) is 5.15 Å². The fourth-order valence-electron chi connectivity index (χ4n) is 2.05. The molecule has 20 heavy (non-hydrogen) atoms. The second-order valence-corrected chi connectivity index (χ2v) is 4.48. The van der Waals surface area contributed by atoms with Gasteiger partial charge >= 0.3 is 0 Å². The third-order valence-electron chi connectivity index (χ3n) is 2.94. The predicted molar refractivity (Wildman–Crippen MR) is 77.2 cm³/mol. The molecule has 0 saturated carbocycles. The van der Waals surface area contributed by atoms with E-state index in [1.54, 1.807) is 0 Å². The summed E-state index contributed by atoms with van der Waals surface area (Å²) in [5.41, 5.74) is 1.51. The fraction of sp³-hybridized carbons (Fsp3) is 0.0714. The number of benzene rings is 1. The van der Waals surface area contributed by atoms with Crippen LogP contribution in [-0.4, -0.2) is 22.1 Å². The summed E-state index contributed by atoms with van der Waals surface area (Å²) in [5, 5.41) is 0.665. The first-order valence-electron chi connectivity index (χ1n) is 5.88. The summed E-state index contributed by atoms with van der Waals surface area (Å²) in [7, 11) is 1.44. The lowest BCUT2D eigenvalue weighted by Gasteiger charge is -2.08. The van der Waals surface area contributed by atoms with E-state index in [4.69, 9.17) is 16.3 Å². The summed E-state index contributed by atoms with van der Waals surface area (Å²) in [4.78, 5) is 23.1. The molecule has 0 saturated heterocycles. The van der Waals surface area contributed by atoms with Crippen molar-refractivity contribution >= 4 is 22.5 Å². The van der Waals surface area contributed by atoms with Crippen molar-refractivity contribution in [2.75, 3.05) is 7.11 Å². The maximum Gasteiger partial charge on any atom is 0.296 e. The molecule has 5 nitrogen and oxygen atoms in total. The lowest BCUT2D eigenvalue weighted by Crippen LogP contribution is -2.11. The van der Waals surface area contributed by atoms with Crippen molar-refractivity contribution in [1.82, 2.24) is 15.0 Å². The van der Waals surface area contributed by atoms with Crippen LogP contribution in [0.4, 0.5) is 0 Å². The Morgan fingerprint density at radius 3 is 2.70 bits per heavy atom. The molecule has 0 bridgehead atoms. The number of hydrogen-bond donors (Lipinski definition) is 1. The second kappa shape index (κ2) is 4.94. The van der Waals surface area contributed by atoms with Gasteiger partial charge < -0.3 is 4.74 Å². The second-order valence-electron chi connectivity index (χ2n) is 4.13. The number of methoxy groups -OCH3 is 1. The van der Waals surface area contributed by atoms with Crippen LogP contribution in [0.5, 0.6) is 6.01 Å². The molecule has 1 N–H and O–H groups in total. The minimum absolute atomic E-state index is 0.144. The van der Waals surface area contributed by atoms with Crippen LogP contribution in [0.25, 0.3) is 22.0 Å². The molecule has 3 rings (SSSR count). The number of halogens is 1. The van der Waals surface area contributed by atoms with E-state index in [1.807, 2.05) is 30.3 Å². The Labute approximate surface area is 119 Å². The molecule has 1 aromatic carbocycles. The Balaban J connectivity index is 2.42. The zero-order chi connectivity index (χ0) is 14.1. The van der Waals surface area contributed by atoms with Gasteiger partial charge in [-0.3, -0.25) is 9.78 Å². The Kier molecular flexibility index (Phi) is 3.12. The molecule has 2 heterocycles. The number of pyridine rings is 1. The van der Waals surface area contributed by atoms with Crippen molar-refractivity contribution < 1.29 is 4.74 Å². The van der Waals surface area contributed by atoms with E-state index >= 15 is 0 Å². The van der Waals surface area contributed by atoms with E-state index < -0.39 is 0 Å². The molecule has 0 spiro atoms. The SMILES string of the molecule is COc1nc2cnc(Cl)c(-c3ccccc3)c2c(=O)[nH]1. The van der Waals surface area contributed by atoms with Gasteiger partial charge in [-0.15, -0.1) is 0 Å². The standard InChI is InChI=1S/C14H10ClN3O2/c1-20-14-17-9-7-16-12(15)10(11(9)13(19)18-14)8-5-3-2-4-6-8/h2-7H,1H3,(H,17,18,19). The minimum Gasteiger partial charge on any atom is -0.468 e. The molecule has 0 fully saturated rings. The average Bonchev–Trinajstić information content (AvgIpc) is 2.48. The van der Waals surface area contributed by atoms with Crippen LogP contribution >= 0.6 is 11.6 Å². The third kappa shape index (κ3) is 2.02. The number of rotatable bonds is 2. The van der Waals surface area contributed by atoms with Gasteiger partial charge in [-0.05, 0) is 5.56 Å². The van der Waals surface area contributed by atoms with Crippen LogP contribution in [0.1, 0.15) is 0 Å². The van der Waals surface area contributed by atoms with E-state index in [9.17, 15) is 4.79 Å². The van der Waals surface area contributed by atoms with Gasteiger partial charge in [0.25, 0.3) is 11.6 Å². The Morgan fingerprint density at radius 2 is 2.00 bits per heavy atom. The summed E-state index contributed by atoms with van der Waals surface area (Å²) in [6.45, 7) is 0. The van der Waals surface area contributed by atoms with Crippen molar-refractivity contribution in [1.29, 1.82) is 0 Å². The molecular weight excluding hydrogens is 278 g/mol. The smallest absolute Gasteiger partial charge is 0.296 e. The Bertz CT molecular complexity index is 831. The van der Waals surface area contributed by atoms with Gasteiger partial charge in [0.2, 0.25) is 0 Å². The van der Waals surface area contributed by atoms with Crippen LogP contribution in [-0.2, 0) is 0 Å². The van der Waals surface area contributed by atoms with Crippen molar-refractivity contribution in [3.63, 3.8) is 0 Å². The molecule has 6 heteroatoms. The molecule has 0 amide bonds. The van der Waals surface area contributed by atoms with E-state index in [2.05, 4.69) is 15.0 Å². The average molecular weight is 288 g/mol. The Morgan fingerprint density at radius 1 is 1.25 bits per heavy atom. The zero-order valence-corrected chi connectivity index (χ0v) is 11.3. The highest BCUT2D eigenvalue weighted by atomic mass is 35.5. The third-order valence-corrected chi connectivity index (χ3v) is 3.22. The summed E-state index contributed by atoms with van der Waals surface area (Å²) in [5.74, 6) is 0. The van der Waals surface area contributed by atoms with Crippen molar-refractivity contribution in [2.45, 2.75) is 0 Å². The molecule has 3 aromatic rings. The van der Waals surface area contributed by atoms with Crippen molar-refractivity contribution in [3.8, 4) is 17.1 Å². The van der Waals surface area contributed by atoms with Gasteiger partial charge in [0.05, 0.1) is 18.7 Å².